The largest absolute Gasteiger partial charge is 0.342 e. The van der Waals surface area contributed by atoms with Gasteiger partial charge in [-0.1, -0.05) is 18.2 Å². The number of nitrogens with zero attached hydrogens (tertiary/aromatic N) is 4. The lowest BCUT2D eigenvalue weighted by molar-refractivity contribution is -0.133. The van der Waals surface area contributed by atoms with E-state index in [2.05, 4.69) is 9.80 Å². The maximum absolute atomic E-state index is 13.1. The van der Waals surface area contributed by atoms with Crippen molar-refractivity contribution in [1.82, 2.24) is 14.7 Å². The summed E-state index contributed by atoms with van der Waals surface area (Å²) in [6, 6.07) is 10.4. The summed E-state index contributed by atoms with van der Waals surface area (Å²) in [5.41, 5.74) is 1.000. The summed E-state index contributed by atoms with van der Waals surface area (Å²) in [6.07, 6.45) is 4.27. The number of rotatable bonds is 5. The number of likely N-dealkylation sites (N-methyl/N-ethyl adjacent to an activating group) is 1. The molecule has 3 aliphatic rings. The third kappa shape index (κ3) is 4.17. The molecule has 1 aromatic rings. The Labute approximate surface area is 161 Å². The standard InChI is InChI=1S/C21H30N4O2/c1-22(17-9-10-17)20(26)16-23-12-14-24(15-13-23)19-8-5-11-25(21(19)27)18-6-3-2-4-7-18/h2-4,6-7,17,19H,5,8-16H2,1H3. The molecule has 2 saturated heterocycles. The lowest BCUT2D eigenvalue weighted by atomic mass is 10.0. The zero-order valence-electron chi connectivity index (χ0n) is 16.2. The van der Waals surface area contributed by atoms with E-state index in [0.717, 1.165) is 64.1 Å². The van der Waals surface area contributed by atoms with Gasteiger partial charge in [0.15, 0.2) is 0 Å². The Bertz CT molecular complexity index is 668. The number of hydrogen-bond donors (Lipinski definition) is 0. The number of carbonyl (C=O) groups excluding carboxylic acids is 2. The number of piperidine rings is 1. The van der Waals surface area contributed by atoms with Crippen LogP contribution in [0.15, 0.2) is 30.3 Å². The van der Waals surface area contributed by atoms with E-state index in [1.807, 2.05) is 47.2 Å². The lowest BCUT2D eigenvalue weighted by Gasteiger charge is -2.42. The highest BCUT2D eigenvalue weighted by atomic mass is 16.2. The van der Waals surface area contributed by atoms with Crippen molar-refractivity contribution in [3.63, 3.8) is 0 Å². The summed E-state index contributed by atoms with van der Waals surface area (Å²) in [4.78, 5) is 33.8. The number of hydrogen-bond acceptors (Lipinski definition) is 4. The first-order valence-corrected chi connectivity index (χ1v) is 10.2. The second-order valence-electron chi connectivity index (χ2n) is 8.03. The van der Waals surface area contributed by atoms with Gasteiger partial charge in [-0.25, -0.2) is 0 Å². The van der Waals surface area contributed by atoms with E-state index >= 15 is 0 Å². The quantitative estimate of drug-likeness (QED) is 0.787. The molecule has 2 heterocycles. The fourth-order valence-corrected chi connectivity index (χ4v) is 4.26. The van der Waals surface area contributed by atoms with Crippen molar-refractivity contribution >= 4 is 17.5 Å². The van der Waals surface area contributed by atoms with Crippen LogP contribution >= 0.6 is 0 Å². The first kappa shape index (κ1) is 18.4. The van der Waals surface area contributed by atoms with Gasteiger partial charge in [0.25, 0.3) is 0 Å². The highest BCUT2D eigenvalue weighted by molar-refractivity contribution is 5.97. The van der Waals surface area contributed by atoms with Gasteiger partial charge in [-0.2, -0.15) is 0 Å². The van der Waals surface area contributed by atoms with Crippen LogP contribution in [0.25, 0.3) is 0 Å². The molecular weight excluding hydrogens is 340 g/mol. The minimum Gasteiger partial charge on any atom is -0.342 e. The monoisotopic (exact) mass is 370 g/mol. The predicted molar refractivity (Wildman–Crippen MR) is 106 cm³/mol. The molecule has 4 rings (SSSR count). The summed E-state index contributed by atoms with van der Waals surface area (Å²) in [5, 5.41) is 0. The molecule has 0 radical (unpaired) electrons. The third-order valence-corrected chi connectivity index (χ3v) is 6.17. The maximum atomic E-state index is 13.1. The van der Waals surface area contributed by atoms with Crippen LogP contribution in [0.2, 0.25) is 0 Å². The van der Waals surface area contributed by atoms with Gasteiger partial charge in [0.1, 0.15) is 0 Å². The van der Waals surface area contributed by atoms with Gasteiger partial charge in [-0.15, -0.1) is 0 Å². The molecular formula is C21H30N4O2. The van der Waals surface area contributed by atoms with Crippen LogP contribution in [-0.2, 0) is 9.59 Å². The van der Waals surface area contributed by atoms with E-state index in [1.165, 1.54) is 0 Å². The fourth-order valence-electron chi connectivity index (χ4n) is 4.26. The third-order valence-electron chi connectivity index (χ3n) is 6.17. The van der Waals surface area contributed by atoms with Gasteiger partial charge in [-0.3, -0.25) is 19.4 Å². The van der Waals surface area contributed by atoms with Crippen LogP contribution in [0.5, 0.6) is 0 Å². The first-order chi connectivity index (χ1) is 13.1. The summed E-state index contributed by atoms with van der Waals surface area (Å²) < 4.78 is 0. The lowest BCUT2D eigenvalue weighted by Crippen LogP contribution is -2.58. The van der Waals surface area contributed by atoms with Gasteiger partial charge < -0.3 is 9.80 Å². The van der Waals surface area contributed by atoms with Gasteiger partial charge in [0.2, 0.25) is 11.8 Å². The summed E-state index contributed by atoms with van der Waals surface area (Å²) in [6.45, 7) is 4.76. The minimum absolute atomic E-state index is 0.0223. The van der Waals surface area contributed by atoms with E-state index in [-0.39, 0.29) is 17.9 Å². The zero-order chi connectivity index (χ0) is 18.8. The van der Waals surface area contributed by atoms with Gasteiger partial charge in [0, 0.05) is 51.5 Å². The van der Waals surface area contributed by atoms with E-state index in [9.17, 15) is 9.59 Å². The number of carbonyl (C=O) groups is 2. The Morgan fingerprint density at radius 3 is 2.41 bits per heavy atom. The number of para-hydroxylation sites is 1. The molecule has 1 aliphatic carbocycles. The molecule has 0 spiro atoms. The van der Waals surface area contributed by atoms with Crippen LogP contribution in [-0.4, -0.2) is 84.9 Å². The van der Waals surface area contributed by atoms with Gasteiger partial charge in [-0.05, 0) is 37.8 Å². The summed E-state index contributed by atoms with van der Waals surface area (Å²) in [7, 11) is 1.93. The Hall–Kier alpha value is -1.92. The summed E-state index contributed by atoms with van der Waals surface area (Å²) >= 11 is 0. The van der Waals surface area contributed by atoms with Crippen molar-refractivity contribution in [2.45, 2.75) is 37.8 Å². The molecule has 0 bridgehead atoms. The molecule has 1 aromatic carbocycles. The Morgan fingerprint density at radius 2 is 1.74 bits per heavy atom. The van der Waals surface area contributed by atoms with Crippen molar-refractivity contribution in [2.24, 2.45) is 0 Å². The van der Waals surface area contributed by atoms with E-state index < -0.39 is 0 Å². The van der Waals surface area contributed by atoms with E-state index in [1.54, 1.807) is 0 Å². The topological polar surface area (TPSA) is 47.1 Å². The predicted octanol–water partition coefficient (Wildman–Crippen LogP) is 1.42. The molecule has 146 valence electrons. The molecule has 1 atom stereocenters. The first-order valence-electron chi connectivity index (χ1n) is 10.2. The molecule has 2 amide bonds. The molecule has 0 N–H and O–H groups in total. The molecule has 1 saturated carbocycles. The molecule has 1 unspecified atom stereocenters. The smallest absolute Gasteiger partial charge is 0.244 e. The molecule has 3 fully saturated rings. The van der Waals surface area contributed by atoms with Crippen LogP contribution in [0.1, 0.15) is 25.7 Å². The number of benzene rings is 1. The average molecular weight is 370 g/mol. The van der Waals surface area contributed by atoms with Gasteiger partial charge in [0.05, 0.1) is 12.6 Å². The molecule has 6 nitrogen and oxygen atoms in total. The highest BCUT2D eigenvalue weighted by Gasteiger charge is 2.36. The normalized spacial score (nSPS) is 24.9. The maximum Gasteiger partial charge on any atom is 0.244 e. The molecule has 27 heavy (non-hydrogen) atoms. The van der Waals surface area contributed by atoms with Crippen molar-refractivity contribution in [3.05, 3.63) is 30.3 Å². The van der Waals surface area contributed by atoms with Crippen LogP contribution < -0.4 is 4.90 Å². The number of anilines is 1. The fraction of sp³-hybridized carbons (Fsp3) is 0.619. The SMILES string of the molecule is CN(C(=O)CN1CCN(C2CCCN(c3ccccc3)C2=O)CC1)C1CC1. The number of amides is 2. The highest BCUT2D eigenvalue weighted by Crippen LogP contribution is 2.26. The Kier molecular flexibility index (Phi) is 5.45. The second kappa shape index (κ2) is 7.98. The Balaban J connectivity index is 1.31. The van der Waals surface area contributed by atoms with Crippen molar-refractivity contribution < 1.29 is 9.59 Å². The molecule has 2 aliphatic heterocycles. The van der Waals surface area contributed by atoms with E-state index in [0.29, 0.717) is 12.6 Å². The zero-order valence-corrected chi connectivity index (χ0v) is 16.2. The Morgan fingerprint density at radius 1 is 1.04 bits per heavy atom. The number of piperazine rings is 1. The van der Waals surface area contributed by atoms with Crippen molar-refractivity contribution in [1.29, 1.82) is 0 Å². The van der Waals surface area contributed by atoms with Crippen LogP contribution in [0.3, 0.4) is 0 Å². The second-order valence-corrected chi connectivity index (χ2v) is 8.03. The van der Waals surface area contributed by atoms with Crippen LogP contribution in [0, 0.1) is 0 Å². The molecule has 0 aromatic heterocycles. The van der Waals surface area contributed by atoms with Crippen molar-refractivity contribution in [2.75, 3.05) is 51.2 Å². The average Bonchev–Trinajstić information content (AvgIpc) is 3.54. The summed E-state index contributed by atoms with van der Waals surface area (Å²) in [5.74, 6) is 0.459. The van der Waals surface area contributed by atoms with Crippen molar-refractivity contribution in [3.8, 4) is 0 Å². The minimum atomic E-state index is -0.0223. The molecule has 6 heteroatoms. The van der Waals surface area contributed by atoms with Crippen LogP contribution in [0.4, 0.5) is 5.69 Å². The van der Waals surface area contributed by atoms with E-state index in [4.69, 9.17) is 0 Å². The van der Waals surface area contributed by atoms with Gasteiger partial charge >= 0.3 is 0 Å².